The molecular formula is C11H7BrN2O3S. The van der Waals surface area contributed by atoms with E-state index in [9.17, 15) is 9.59 Å². The van der Waals surface area contributed by atoms with Crippen LogP contribution in [0.3, 0.4) is 0 Å². The number of H-pyrrole nitrogens is 1. The number of hydrogen-bond acceptors (Lipinski definition) is 4. The lowest BCUT2D eigenvalue weighted by Crippen LogP contribution is -2.09. The fourth-order valence-electron chi connectivity index (χ4n) is 1.27. The van der Waals surface area contributed by atoms with Crippen LogP contribution >= 0.6 is 27.7 Å². The van der Waals surface area contributed by atoms with E-state index in [4.69, 9.17) is 5.11 Å². The highest BCUT2D eigenvalue weighted by molar-refractivity contribution is 9.10. The lowest BCUT2D eigenvalue weighted by Gasteiger charge is -2.05. The van der Waals surface area contributed by atoms with Crippen LogP contribution in [0.15, 0.2) is 49.8 Å². The van der Waals surface area contributed by atoms with Crippen LogP contribution < -0.4 is 5.56 Å². The van der Waals surface area contributed by atoms with E-state index in [1.54, 1.807) is 12.1 Å². The number of aromatic carboxylic acids is 1. The molecule has 7 heteroatoms. The van der Waals surface area contributed by atoms with E-state index in [2.05, 4.69) is 25.9 Å². The second-order valence-corrected chi connectivity index (χ2v) is 5.22. The number of carboxylic acid groups (broad SMARTS) is 1. The Bertz CT molecular complexity index is 657. The first-order chi connectivity index (χ1) is 8.58. The molecule has 2 N–H and O–H groups in total. The predicted octanol–water partition coefficient (Wildman–Crippen LogP) is 2.38. The minimum Gasteiger partial charge on any atom is -0.478 e. The highest BCUT2D eigenvalue weighted by Gasteiger charge is 2.13. The molecule has 0 aliphatic carbocycles. The van der Waals surface area contributed by atoms with Gasteiger partial charge in [0.05, 0.1) is 5.56 Å². The third-order valence-corrected chi connectivity index (χ3v) is 3.59. The van der Waals surface area contributed by atoms with Gasteiger partial charge in [-0.3, -0.25) is 4.79 Å². The van der Waals surface area contributed by atoms with Gasteiger partial charge in [-0.2, -0.15) is 0 Å². The average Bonchev–Trinajstić information content (AvgIpc) is 2.32. The predicted molar refractivity (Wildman–Crippen MR) is 70.1 cm³/mol. The maximum atomic E-state index is 11.5. The van der Waals surface area contributed by atoms with E-state index in [1.165, 1.54) is 18.5 Å². The topological polar surface area (TPSA) is 83.0 Å². The van der Waals surface area contributed by atoms with Gasteiger partial charge in [0.15, 0.2) is 5.03 Å². The first kappa shape index (κ1) is 12.8. The number of aromatic amines is 1. The molecule has 0 saturated carbocycles. The number of nitrogens with zero attached hydrogens (tertiary/aromatic N) is 1. The standard InChI is InChI=1S/C11H7BrN2O3S/c12-6-1-2-7(11(16)17)8(5-6)18-10-9(15)13-3-4-14-10/h1-5H,(H,13,15)(H,16,17). The van der Waals surface area contributed by atoms with Crippen molar-refractivity contribution in [3.8, 4) is 0 Å². The van der Waals surface area contributed by atoms with Crippen molar-refractivity contribution < 1.29 is 9.90 Å². The summed E-state index contributed by atoms with van der Waals surface area (Å²) in [7, 11) is 0. The van der Waals surface area contributed by atoms with E-state index < -0.39 is 5.97 Å². The number of nitrogens with one attached hydrogen (secondary N) is 1. The van der Waals surface area contributed by atoms with Crippen LogP contribution in [-0.4, -0.2) is 21.0 Å². The summed E-state index contributed by atoms with van der Waals surface area (Å²) < 4.78 is 0.738. The normalized spacial score (nSPS) is 10.3. The lowest BCUT2D eigenvalue weighted by molar-refractivity contribution is 0.0693. The molecule has 0 saturated heterocycles. The van der Waals surface area contributed by atoms with Crippen LogP contribution in [0.1, 0.15) is 10.4 Å². The van der Waals surface area contributed by atoms with E-state index in [1.807, 2.05) is 0 Å². The van der Waals surface area contributed by atoms with E-state index in [-0.39, 0.29) is 16.1 Å². The number of carbonyl (C=O) groups is 1. The van der Waals surface area contributed by atoms with Gasteiger partial charge in [-0.1, -0.05) is 27.7 Å². The summed E-state index contributed by atoms with van der Waals surface area (Å²) in [4.78, 5) is 29.4. The highest BCUT2D eigenvalue weighted by Crippen LogP contribution is 2.29. The molecule has 0 atom stereocenters. The molecule has 1 heterocycles. The molecule has 0 aliphatic heterocycles. The molecule has 5 nitrogen and oxygen atoms in total. The second-order valence-electron chi connectivity index (χ2n) is 3.27. The zero-order chi connectivity index (χ0) is 13.1. The molecule has 0 unspecified atom stereocenters. The van der Waals surface area contributed by atoms with Crippen molar-refractivity contribution in [2.75, 3.05) is 0 Å². The summed E-state index contributed by atoms with van der Waals surface area (Å²) in [6.45, 7) is 0. The van der Waals surface area contributed by atoms with Crippen LogP contribution in [-0.2, 0) is 0 Å². The Balaban J connectivity index is 2.46. The molecule has 1 aromatic heterocycles. The summed E-state index contributed by atoms with van der Waals surface area (Å²) in [6.07, 6.45) is 2.87. The van der Waals surface area contributed by atoms with Gasteiger partial charge in [0.2, 0.25) is 0 Å². The van der Waals surface area contributed by atoms with Gasteiger partial charge in [0.25, 0.3) is 5.56 Å². The highest BCUT2D eigenvalue weighted by atomic mass is 79.9. The van der Waals surface area contributed by atoms with Gasteiger partial charge in [-0.05, 0) is 18.2 Å². The molecule has 92 valence electrons. The second kappa shape index (κ2) is 5.36. The number of aromatic nitrogens is 2. The van der Waals surface area contributed by atoms with Gasteiger partial charge in [0.1, 0.15) is 0 Å². The minimum absolute atomic E-state index is 0.133. The van der Waals surface area contributed by atoms with Crippen LogP contribution in [0.5, 0.6) is 0 Å². The molecule has 2 rings (SSSR count). The number of carboxylic acids is 1. The van der Waals surface area contributed by atoms with E-state index >= 15 is 0 Å². The summed E-state index contributed by atoms with van der Waals surface area (Å²) >= 11 is 4.28. The zero-order valence-corrected chi connectivity index (χ0v) is 11.3. The largest absolute Gasteiger partial charge is 0.478 e. The molecule has 0 amide bonds. The molecule has 0 fully saturated rings. The monoisotopic (exact) mass is 326 g/mol. The third-order valence-electron chi connectivity index (χ3n) is 2.06. The first-order valence-electron chi connectivity index (χ1n) is 4.82. The maximum Gasteiger partial charge on any atom is 0.336 e. The van der Waals surface area contributed by atoms with Gasteiger partial charge in [-0.25, -0.2) is 9.78 Å². The van der Waals surface area contributed by atoms with E-state index in [0.29, 0.717) is 4.90 Å². The van der Waals surface area contributed by atoms with Crippen LogP contribution in [0.4, 0.5) is 0 Å². The van der Waals surface area contributed by atoms with Gasteiger partial charge in [0, 0.05) is 21.8 Å². The maximum absolute atomic E-state index is 11.5. The molecule has 0 bridgehead atoms. The molecule has 0 aliphatic rings. The van der Waals surface area contributed by atoms with Crippen molar-refractivity contribution in [1.29, 1.82) is 0 Å². The van der Waals surface area contributed by atoms with E-state index in [0.717, 1.165) is 16.2 Å². The Labute approximate surface area is 114 Å². The molecule has 0 radical (unpaired) electrons. The molecule has 2 aromatic rings. The molecular weight excluding hydrogens is 320 g/mol. The lowest BCUT2D eigenvalue weighted by atomic mass is 10.2. The zero-order valence-electron chi connectivity index (χ0n) is 8.88. The Hall–Kier alpha value is -1.60. The SMILES string of the molecule is O=C(O)c1ccc(Br)cc1Sc1ncc[nH]c1=O. The number of rotatable bonds is 3. The first-order valence-corrected chi connectivity index (χ1v) is 6.43. The Kier molecular flexibility index (Phi) is 3.83. The molecule has 1 aromatic carbocycles. The summed E-state index contributed by atoms with van der Waals surface area (Å²) in [6, 6.07) is 4.75. The van der Waals surface area contributed by atoms with Crippen LogP contribution in [0, 0.1) is 0 Å². The van der Waals surface area contributed by atoms with Crippen molar-refractivity contribution in [1.82, 2.24) is 9.97 Å². The van der Waals surface area contributed by atoms with Crippen molar-refractivity contribution in [3.05, 3.63) is 51.0 Å². The van der Waals surface area contributed by atoms with Crippen molar-refractivity contribution in [2.45, 2.75) is 9.92 Å². The smallest absolute Gasteiger partial charge is 0.336 e. The number of benzene rings is 1. The van der Waals surface area contributed by atoms with Crippen LogP contribution in [0.2, 0.25) is 0 Å². The van der Waals surface area contributed by atoms with Crippen molar-refractivity contribution in [3.63, 3.8) is 0 Å². The Morgan fingerprint density at radius 2 is 2.22 bits per heavy atom. The summed E-state index contributed by atoms with van der Waals surface area (Å²) in [5.74, 6) is -1.04. The summed E-state index contributed by atoms with van der Waals surface area (Å²) in [5, 5.41) is 9.28. The fraction of sp³-hybridized carbons (Fsp3) is 0. The fourth-order valence-corrected chi connectivity index (χ4v) is 2.71. The van der Waals surface area contributed by atoms with Crippen molar-refractivity contribution in [2.24, 2.45) is 0 Å². The van der Waals surface area contributed by atoms with Gasteiger partial charge < -0.3 is 10.1 Å². The average molecular weight is 327 g/mol. The van der Waals surface area contributed by atoms with Crippen LogP contribution in [0.25, 0.3) is 0 Å². The van der Waals surface area contributed by atoms with Crippen molar-refractivity contribution >= 4 is 33.7 Å². The summed E-state index contributed by atoms with van der Waals surface area (Å²) in [5.41, 5.74) is -0.216. The molecule has 18 heavy (non-hydrogen) atoms. The Morgan fingerprint density at radius 3 is 2.89 bits per heavy atom. The number of hydrogen-bond donors (Lipinski definition) is 2. The van der Waals surface area contributed by atoms with Gasteiger partial charge in [-0.15, -0.1) is 0 Å². The molecule has 0 spiro atoms. The Morgan fingerprint density at radius 1 is 1.44 bits per heavy atom. The quantitative estimate of drug-likeness (QED) is 0.904. The third kappa shape index (κ3) is 2.80. The van der Waals surface area contributed by atoms with Gasteiger partial charge >= 0.3 is 5.97 Å². The minimum atomic E-state index is -1.04. The number of halogens is 1.